The summed E-state index contributed by atoms with van der Waals surface area (Å²) >= 11 is 0. The number of ether oxygens (including phenoxy) is 1. The standard InChI is InChI=1S/C14H17NO3.C2H6.CH4O/c1-9-3-5-11(6-4-9)7-15-13-12(8-17-15)10(2)18-14(13)16;2*1-2/h3-6,10,12-13H,7-8H2,1-2H3;1-2H3;2H,1H3. The van der Waals surface area contributed by atoms with E-state index in [1.54, 1.807) is 5.06 Å². The van der Waals surface area contributed by atoms with Gasteiger partial charge in [-0.3, -0.25) is 9.63 Å². The first-order chi connectivity index (χ1) is 10.6. The molecular weight excluding hydrogens is 282 g/mol. The Morgan fingerprint density at radius 1 is 1.23 bits per heavy atom. The Hall–Kier alpha value is -1.43. The molecule has 2 aliphatic rings. The second kappa shape index (κ2) is 8.88. The average molecular weight is 309 g/mol. The van der Waals surface area contributed by atoms with Gasteiger partial charge in [0.25, 0.3) is 0 Å². The van der Waals surface area contributed by atoms with E-state index in [9.17, 15) is 4.79 Å². The van der Waals surface area contributed by atoms with Crippen LogP contribution in [0.4, 0.5) is 0 Å². The van der Waals surface area contributed by atoms with Gasteiger partial charge in [-0.2, -0.15) is 5.06 Å². The number of nitrogens with zero attached hydrogens (tertiary/aromatic N) is 1. The first kappa shape index (κ1) is 18.6. The number of hydroxylamine groups is 2. The van der Waals surface area contributed by atoms with Gasteiger partial charge < -0.3 is 9.84 Å². The number of carbonyl (C=O) groups excluding carboxylic acids is 1. The first-order valence-electron chi connectivity index (χ1n) is 7.75. The van der Waals surface area contributed by atoms with Crippen molar-refractivity contribution in [2.24, 2.45) is 5.92 Å². The fraction of sp³-hybridized carbons (Fsp3) is 0.588. The molecule has 0 aliphatic carbocycles. The SMILES string of the molecule is CC.CO.Cc1ccc(CN2OCC3C(C)OC(=O)C32)cc1. The predicted octanol–water partition coefficient (Wildman–Crippen LogP) is 2.31. The number of benzene rings is 1. The zero-order valence-electron chi connectivity index (χ0n) is 14.1. The Labute approximate surface area is 132 Å². The van der Waals surface area contributed by atoms with Gasteiger partial charge in [-0.05, 0) is 19.4 Å². The minimum atomic E-state index is -0.235. The number of cyclic esters (lactones) is 1. The van der Waals surface area contributed by atoms with Gasteiger partial charge in [-0.15, -0.1) is 0 Å². The lowest BCUT2D eigenvalue weighted by Crippen LogP contribution is -2.35. The van der Waals surface area contributed by atoms with Gasteiger partial charge in [0.1, 0.15) is 12.1 Å². The maximum absolute atomic E-state index is 11.8. The van der Waals surface area contributed by atoms with Crippen molar-refractivity contribution in [3.63, 3.8) is 0 Å². The lowest BCUT2D eigenvalue weighted by atomic mass is 9.99. The average Bonchev–Trinajstić information content (AvgIpc) is 3.09. The number of aliphatic hydroxyl groups is 1. The van der Waals surface area contributed by atoms with Crippen molar-refractivity contribution in [3.05, 3.63) is 35.4 Å². The number of aryl methyl sites for hydroxylation is 1. The Kier molecular flexibility index (Phi) is 7.51. The third-order valence-corrected chi connectivity index (χ3v) is 3.75. The molecule has 0 saturated carbocycles. The molecule has 1 aromatic rings. The second-order valence-corrected chi connectivity index (χ2v) is 5.11. The van der Waals surface area contributed by atoms with Crippen LogP contribution in [0.3, 0.4) is 0 Å². The molecule has 22 heavy (non-hydrogen) atoms. The third kappa shape index (κ3) is 4.06. The molecule has 3 unspecified atom stereocenters. The van der Waals surface area contributed by atoms with Gasteiger partial charge in [0, 0.05) is 13.0 Å². The maximum atomic E-state index is 11.8. The smallest absolute Gasteiger partial charge is 0.326 e. The van der Waals surface area contributed by atoms with Crippen molar-refractivity contribution in [2.75, 3.05) is 13.7 Å². The number of hydrogen-bond donors (Lipinski definition) is 1. The normalized spacial score (nSPS) is 26.3. The molecule has 2 heterocycles. The van der Waals surface area contributed by atoms with E-state index in [0.717, 1.165) is 12.7 Å². The summed E-state index contributed by atoms with van der Waals surface area (Å²) in [6.07, 6.45) is -0.0366. The van der Waals surface area contributed by atoms with Crippen molar-refractivity contribution in [2.45, 2.75) is 46.4 Å². The molecule has 1 N–H and O–H groups in total. The highest BCUT2D eigenvalue weighted by Gasteiger charge is 2.51. The Balaban J connectivity index is 0.000000561. The van der Waals surface area contributed by atoms with E-state index >= 15 is 0 Å². The molecule has 3 atom stereocenters. The maximum Gasteiger partial charge on any atom is 0.326 e. The van der Waals surface area contributed by atoms with E-state index in [-0.39, 0.29) is 24.0 Å². The van der Waals surface area contributed by atoms with Gasteiger partial charge in [-0.1, -0.05) is 43.7 Å². The summed E-state index contributed by atoms with van der Waals surface area (Å²) in [5, 5.41) is 8.77. The van der Waals surface area contributed by atoms with Crippen LogP contribution in [0.15, 0.2) is 24.3 Å². The zero-order valence-corrected chi connectivity index (χ0v) is 14.1. The van der Waals surface area contributed by atoms with Crippen LogP contribution in [0.2, 0.25) is 0 Å². The van der Waals surface area contributed by atoms with E-state index in [2.05, 4.69) is 31.2 Å². The quantitative estimate of drug-likeness (QED) is 0.850. The van der Waals surface area contributed by atoms with Gasteiger partial charge in [0.2, 0.25) is 0 Å². The lowest BCUT2D eigenvalue weighted by molar-refractivity contribution is -0.173. The summed E-state index contributed by atoms with van der Waals surface area (Å²) in [6, 6.07) is 8.03. The molecule has 0 aromatic heterocycles. The Morgan fingerprint density at radius 2 is 1.82 bits per heavy atom. The van der Waals surface area contributed by atoms with Gasteiger partial charge in [0.15, 0.2) is 0 Å². The predicted molar refractivity (Wildman–Crippen MR) is 85.0 cm³/mol. The molecule has 0 bridgehead atoms. The number of carbonyl (C=O) groups is 1. The molecule has 5 nitrogen and oxygen atoms in total. The second-order valence-electron chi connectivity index (χ2n) is 5.11. The van der Waals surface area contributed by atoms with E-state index < -0.39 is 0 Å². The largest absolute Gasteiger partial charge is 0.461 e. The number of aliphatic hydroxyl groups excluding tert-OH is 1. The molecule has 2 saturated heterocycles. The molecule has 5 heteroatoms. The number of esters is 1. The number of fused-ring (bicyclic) bond motifs is 1. The molecule has 0 spiro atoms. The van der Waals surface area contributed by atoms with Gasteiger partial charge >= 0.3 is 5.97 Å². The van der Waals surface area contributed by atoms with Crippen molar-refractivity contribution >= 4 is 5.97 Å². The van der Waals surface area contributed by atoms with Crippen LogP contribution in [0.1, 0.15) is 31.9 Å². The fourth-order valence-electron chi connectivity index (χ4n) is 2.61. The highest BCUT2D eigenvalue weighted by molar-refractivity contribution is 5.78. The monoisotopic (exact) mass is 309 g/mol. The van der Waals surface area contributed by atoms with E-state index in [1.807, 2.05) is 20.8 Å². The van der Waals surface area contributed by atoms with E-state index in [4.69, 9.17) is 14.7 Å². The summed E-state index contributed by atoms with van der Waals surface area (Å²) < 4.78 is 5.25. The van der Waals surface area contributed by atoms with Crippen LogP contribution >= 0.6 is 0 Å². The molecular formula is C17H27NO4. The lowest BCUT2D eigenvalue weighted by Gasteiger charge is -2.18. The topological polar surface area (TPSA) is 59.0 Å². The van der Waals surface area contributed by atoms with Crippen molar-refractivity contribution < 1.29 is 19.5 Å². The Bertz CT molecular complexity index is 460. The third-order valence-electron chi connectivity index (χ3n) is 3.75. The summed E-state index contributed by atoms with van der Waals surface area (Å²) in [4.78, 5) is 17.4. The van der Waals surface area contributed by atoms with Crippen LogP contribution < -0.4 is 0 Å². The van der Waals surface area contributed by atoms with Crippen LogP contribution in [0, 0.1) is 12.8 Å². The van der Waals surface area contributed by atoms with Crippen LogP contribution in [0.5, 0.6) is 0 Å². The molecule has 2 aliphatic heterocycles. The molecule has 0 radical (unpaired) electrons. The van der Waals surface area contributed by atoms with Crippen molar-refractivity contribution in [3.8, 4) is 0 Å². The molecule has 0 amide bonds. The molecule has 3 rings (SSSR count). The Morgan fingerprint density at radius 3 is 2.41 bits per heavy atom. The highest BCUT2D eigenvalue weighted by Crippen LogP contribution is 2.33. The van der Waals surface area contributed by atoms with Crippen LogP contribution in [0.25, 0.3) is 0 Å². The summed E-state index contributed by atoms with van der Waals surface area (Å²) in [6.45, 7) is 9.19. The molecule has 1 aromatic carbocycles. The number of rotatable bonds is 2. The number of hydrogen-bond acceptors (Lipinski definition) is 5. The minimum Gasteiger partial charge on any atom is -0.461 e. The zero-order chi connectivity index (χ0) is 16.7. The van der Waals surface area contributed by atoms with Crippen molar-refractivity contribution in [1.29, 1.82) is 0 Å². The van der Waals surface area contributed by atoms with Crippen LogP contribution in [-0.4, -0.2) is 42.0 Å². The summed E-state index contributed by atoms with van der Waals surface area (Å²) in [5.41, 5.74) is 2.38. The van der Waals surface area contributed by atoms with Gasteiger partial charge in [-0.25, -0.2) is 0 Å². The summed E-state index contributed by atoms with van der Waals surface area (Å²) in [5.74, 6) is 0.0139. The van der Waals surface area contributed by atoms with Crippen molar-refractivity contribution in [1.82, 2.24) is 5.06 Å². The minimum absolute atomic E-state index is 0.0366. The summed E-state index contributed by atoms with van der Waals surface area (Å²) in [7, 11) is 1.00. The van der Waals surface area contributed by atoms with E-state index in [0.29, 0.717) is 13.2 Å². The highest BCUT2D eigenvalue weighted by atomic mass is 16.7. The fourth-order valence-corrected chi connectivity index (χ4v) is 2.61. The van der Waals surface area contributed by atoms with E-state index in [1.165, 1.54) is 5.56 Å². The molecule has 124 valence electrons. The first-order valence-corrected chi connectivity index (χ1v) is 7.75. The van der Waals surface area contributed by atoms with Crippen LogP contribution in [-0.2, 0) is 20.9 Å². The van der Waals surface area contributed by atoms with Gasteiger partial charge in [0.05, 0.1) is 13.2 Å². The molecule has 2 fully saturated rings.